The Morgan fingerprint density at radius 3 is 2.42 bits per heavy atom. The van der Waals surface area contributed by atoms with Gasteiger partial charge < -0.3 is 19.5 Å². The van der Waals surface area contributed by atoms with Crippen molar-refractivity contribution in [3.8, 4) is 28.4 Å². The fourth-order valence-electron chi connectivity index (χ4n) is 3.38. The van der Waals surface area contributed by atoms with Crippen LogP contribution >= 0.6 is 11.6 Å². The van der Waals surface area contributed by atoms with Gasteiger partial charge in [-0.3, -0.25) is 4.57 Å². The van der Waals surface area contributed by atoms with E-state index in [9.17, 15) is 4.79 Å². The molecule has 7 nitrogen and oxygen atoms in total. The lowest BCUT2D eigenvalue weighted by atomic mass is 10.1. The molecule has 1 N–H and O–H groups in total. The molecule has 0 aliphatic heterocycles. The summed E-state index contributed by atoms with van der Waals surface area (Å²) in [5.74, 6) is 1.76. The average Bonchev–Trinajstić information content (AvgIpc) is 3.18. The lowest BCUT2D eigenvalue weighted by Crippen LogP contribution is -2.18. The van der Waals surface area contributed by atoms with Gasteiger partial charge in [0.05, 0.1) is 26.4 Å². The van der Waals surface area contributed by atoms with E-state index in [1.54, 1.807) is 44.8 Å². The number of pyridine rings is 1. The molecule has 4 rings (SSSR count). The standard InChI is InChI=1S/C23H20ClN3O4/c1-29-19-9-7-15(12-18(19)24)26-23(28)27-13-17(16-5-4-10-25-22(16)27)14-6-8-20(30-2)21(11-14)31-3/h4-13H,1-3H3,(H,26,28). The molecule has 0 saturated carbocycles. The molecule has 2 aromatic carbocycles. The third kappa shape index (κ3) is 3.87. The Morgan fingerprint density at radius 1 is 0.968 bits per heavy atom. The number of nitrogens with one attached hydrogen (secondary N) is 1. The smallest absolute Gasteiger partial charge is 0.331 e. The molecule has 0 atom stereocenters. The summed E-state index contributed by atoms with van der Waals surface area (Å²) in [7, 11) is 4.70. The van der Waals surface area contributed by atoms with Crippen LogP contribution in [0.3, 0.4) is 0 Å². The van der Waals surface area contributed by atoms with Gasteiger partial charge in [0.1, 0.15) is 11.4 Å². The van der Waals surface area contributed by atoms with Gasteiger partial charge in [-0.05, 0) is 48.0 Å². The van der Waals surface area contributed by atoms with E-state index in [0.29, 0.717) is 33.6 Å². The van der Waals surface area contributed by atoms with Gasteiger partial charge in [-0.15, -0.1) is 0 Å². The Morgan fingerprint density at radius 2 is 1.71 bits per heavy atom. The van der Waals surface area contributed by atoms with E-state index in [1.165, 1.54) is 11.7 Å². The van der Waals surface area contributed by atoms with Crippen LogP contribution in [0.2, 0.25) is 5.02 Å². The molecule has 0 aliphatic rings. The lowest BCUT2D eigenvalue weighted by molar-refractivity contribution is 0.254. The molecule has 31 heavy (non-hydrogen) atoms. The monoisotopic (exact) mass is 437 g/mol. The fraction of sp³-hybridized carbons (Fsp3) is 0.130. The van der Waals surface area contributed by atoms with Crippen molar-refractivity contribution in [2.45, 2.75) is 0 Å². The first-order valence-electron chi connectivity index (χ1n) is 9.39. The molecule has 2 heterocycles. The van der Waals surface area contributed by atoms with Crippen LogP contribution in [-0.4, -0.2) is 36.9 Å². The van der Waals surface area contributed by atoms with Crippen LogP contribution in [-0.2, 0) is 0 Å². The summed E-state index contributed by atoms with van der Waals surface area (Å²) >= 11 is 6.17. The number of methoxy groups -OCH3 is 3. The highest BCUT2D eigenvalue weighted by atomic mass is 35.5. The number of carbonyl (C=O) groups is 1. The van der Waals surface area contributed by atoms with Gasteiger partial charge in [-0.25, -0.2) is 9.78 Å². The summed E-state index contributed by atoms with van der Waals surface area (Å²) in [4.78, 5) is 17.5. The van der Waals surface area contributed by atoms with E-state index in [-0.39, 0.29) is 6.03 Å². The molecule has 0 spiro atoms. The summed E-state index contributed by atoms with van der Waals surface area (Å²) in [5, 5.41) is 4.08. The predicted molar refractivity (Wildman–Crippen MR) is 121 cm³/mol. The van der Waals surface area contributed by atoms with E-state index in [0.717, 1.165) is 16.5 Å². The second kappa shape index (κ2) is 8.57. The topological polar surface area (TPSA) is 74.6 Å². The fourth-order valence-corrected chi connectivity index (χ4v) is 3.63. The summed E-state index contributed by atoms with van der Waals surface area (Å²) < 4.78 is 17.4. The van der Waals surface area contributed by atoms with Crippen LogP contribution < -0.4 is 19.5 Å². The molecule has 0 aliphatic carbocycles. The van der Waals surface area contributed by atoms with Gasteiger partial charge in [0, 0.05) is 29.0 Å². The first kappa shape index (κ1) is 20.6. The molecular formula is C23H20ClN3O4. The Hall–Kier alpha value is -3.71. The molecule has 0 unspecified atom stereocenters. The van der Waals surface area contributed by atoms with Crippen LogP contribution in [0, 0.1) is 0 Å². The third-order valence-corrected chi connectivity index (χ3v) is 5.18. The minimum Gasteiger partial charge on any atom is -0.495 e. The SMILES string of the molecule is COc1ccc(NC(=O)n2cc(-c3ccc(OC)c(OC)c3)c3cccnc32)cc1Cl. The summed E-state index contributed by atoms with van der Waals surface area (Å²) in [6, 6.07) is 14.0. The van der Waals surface area contributed by atoms with Crippen LogP contribution in [0.4, 0.5) is 10.5 Å². The van der Waals surface area contributed by atoms with Gasteiger partial charge in [0.15, 0.2) is 11.5 Å². The number of aromatic nitrogens is 2. The van der Waals surface area contributed by atoms with Gasteiger partial charge >= 0.3 is 6.03 Å². The number of hydrogen-bond acceptors (Lipinski definition) is 5. The molecule has 0 radical (unpaired) electrons. The summed E-state index contributed by atoms with van der Waals surface area (Å²) in [5.41, 5.74) is 2.78. The van der Waals surface area contributed by atoms with Gasteiger partial charge in [-0.2, -0.15) is 0 Å². The lowest BCUT2D eigenvalue weighted by Gasteiger charge is -2.09. The maximum absolute atomic E-state index is 13.1. The summed E-state index contributed by atoms with van der Waals surface area (Å²) in [6.45, 7) is 0. The number of anilines is 1. The van der Waals surface area contributed by atoms with E-state index in [2.05, 4.69) is 10.3 Å². The zero-order chi connectivity index (χ0) is 22.0. The molecule has 0 bridgehead atoms. The van der Waals surface area contributed by atoms with Crippen LogP contribution in [0.1, 0.15) is 0 Å². The maximum Gasteiger partial charge on any atom is 0.331 e. The highest BCUT2D eigenvalue weighted by molar-refractivity contribution is 6.32. The van der Waals surface area contributed by atoms with Crippen molar-refractivity contribution in [2.24, 2.45) is 0 Å². The Balaban J connectivity index is 1.75. The van der Waals surface area contributed by atoms with E-state index < -0.39 is 0 Å². The normalized spacial score (nSPS) is 10.7. The molecule has 1 amide bonds. The van der Waals surface area contributed by atoms with Crippen molar-refractivity contribution in [1.29, 1.82) is 0 Å². The number of ether oxygens (including phenoxy) is 3. The molecule has 158 valence electrons. The number of rotatable bonds is 5. The van der Waals surface area contributed by atoms with Crippen LogP contribution in [0.25, 0.3) is 22.2 Å². The second-order valence-corrected chi connectivity index (χ2v) is 7.04. The van der Waals surface area contributed by atoms with Gasteiger partial charge in [-0.1, -0.05) is 17.7 Å². The molecule has 2 aromatic heterocycles. The van der Waals surface area contributed by atoms with E-state index >= 15 is 0 Å². The Bertz CT molecular complexity index is 1270. The van der Waals surface area contributed by atoms with Crippen molar-refractivity contribution < 1.29 is 19.0 Å². The first-order valence-corrected chi connectivity index (χ1v) is 9.77. The van der Waals surface area contributed by atoms with E-state index in [4.69, 9.17) is 25.8 Å². The molecule has 0 fully saturated rings. The highest BCUT2D eigenvalue weighted by Crippen LogP contribution is 2.36. The third-order valence-electron chi connectivity index (χ3n) is 4.88. The number of amides is 1. The van der Waals surface area contributed by atoms with Crippen molar-refractivity contribution >= 4 is 34.4 Å². The highest BCUT2D eigenvalue weighted by Gasteiger charge is 2.17. The second-order valence-electron chi connectivity index (χ2n) is 6.64. The Kier molecular flexibility index (Phi) is 5.68. The summed E-state index contributed by atoms with van der Waals surface area (Å²) in [6.07, 6.45) is 3.40. The van der Waals surface area contributed by atoms with Crippen molar-refractivity contribution in [3.05, 3.63) is 65.9 Å². The zero-order valence-electron chi connectivity index (χ0n) is 17.2. The number of halogens is 1. The molecule has 8 heteroatoms. The van der Waals surface area contributed by atoms with Gasteiger partial charge in [0.25, 0.3) is 0 Å². The first-order chi connectivity index (χ1) is 15.0. The van der Waals surface area contributed by atoms with Crippen molar-refractivity contribution in [2.75, 3.05) is 26.6 Å². The maximum atomic E-state index is 13.1. The van der Waals surface area contributed by atoms with E-state index in [1.807, 2.05) is 30.3 Å². The number of nitrogens with zero attached hydrogens (tertiary/aromatic N) is 2. The minimum absolute atomic E-state index is 0.364. The van der Waals surface area contributed by atoms with Crippen LogP contribution in [0.15, 0.2) is 60.9 Å². The van der Waals surface area contributed by atoms with Crippen molar-refractivity contribution in [3.63, 3.8) is 0 Å². The zero-order valence-corrected chi connectivity index (χ0v) is 17.9. The molecule has 0 saturated heterocycles. The molecular weight excluding hydrogens is 418 g/mol. The minimum atomic E-state index is -0.364. The quantitative estimate of drug-likeness (QED) is 0.448. The number of benzene rings is 2. The molecule has 4 aromatic rings. The number of hydrogen-bond donors (Lipinski definition) is 1. The Labute approximate surface area is 184 Å². The predicted octanol–water partition coefficient (Wildman–Crippen LogP) is 5.46. The number of carbonyl (C=O) groups excluding carboxylic acids is 1. The number of fused-ring (bicyclic) bond motifs is 1. The largest absolute Gasteiger partial charge is 0.495 e. The average molecular weight is 438 g/mol. The van der Waals surface area contributed by atoms with Crippen LogP contribution in [0.5, 0.6) is 17.2 Å². The van der Waals surface area contributed by atoms with Crippen molar-refractivity contribution in [1.82, 2.24) is 9.55 Å². The van der Waals surface area contributed by atoms with Gasteiger partial charge in [0.2, 0.25) is 0 Å².